The van der Waals surface area contributed by atoms with E-state index in [1.165, 1.54) is 96.0 Å². The van der Waals surface area contributed by atoms with Crippen molar-refractivity contribution < 1.29 is 0 Å². The van der Waals surface area contributed by atoms with E-state index in [1.54, 1.807) is 0 Å². The van der Waals surface area contributed by atoms with Crippen LogP contribution in [0.25, 0.3) is 96.0 Å². The molecule has 0 bridgehead atoms. The minimum Gasteiger partial charge on any atom is -0.135 e. The van der Waals surface area contributed by atoms with E-state index in [1.807, 2.05) is 22.7 Å². The van der Waals surface area contributed by atoms with Crippen molar-refractivity contribution in [3.8, 4) is 55.6 Å². The monoisotopic (exact) mass is 670 g/mol. The summed E-state index contributed by atoms with van der Waals surface area (Å²) in [6.45, 7) is 0. The molecular weight excluding hydrogens is 641 g/mol. The van der Waals surface area contributed by atoms with Crippen molar-refractivity contribution in [1.82, 2.24) is 0 Å². The van der Waals surface area contributed by atoms with Gasteiger partial charge in [0, 0.05) is 40.3 Å². The Labute approximate surface area is 299 Å². The Bertz CT molecular complexity index is 2850. The van der Waals surface area contributed by atoms with E-state index in [0.717, 1.165) is 0 Å². The molecular formula is C48H30S2. The lowest BCUT2D eigenvalue weighted by molar-refractivity contribution is 1.58. The standard InChI is InChI=1S/C48H30S2/c1-2-10-31(11-3-1)32-22-24-33(25-23-32)34-12-6-14-37(28-34)39-17-8-19-42-43-20-9-18-40(48(43)50-47(39)42)38-15-7-13-35(29-38)36-26-27-46-44(30-36)41-16-4-5-21-45(41)49-46/h1-30H. The summed E-state index contributed by atoms with van der Waals surface area (Å²) >= 11 is 3.78. The molecule has 0 fully saturated rings. The van der Waals surface area contributed by atoms with Gasteiger partial charge in [-0.25, -0.2) is 0 Å². The van der Waals surface area contributed by atoms with Gasteiger partial charge in [-0.2, -0.15) is 0 Å². The molecule has 0 aliphatic heterocycles. The summed E-state index contributed by atoms with van der Waals surface area (Å²) < 4.78 is 5.34. The summed E-state index contributed by atoms with van der Waals surface area (Å²) in [7, 11) is 0. The molecule has 234 valence electrons. The Hall–Kier alpha value is -5.80. The first-order valence-corrected chi connectivity index (χ1v) is 18.6. The smallest absolute Gasteiger partial charge is 0.0434 e. The second-order valence-electron chi connectivity index (χ2n) is 12.9. The van der Waals surface area contributed by atoms with Crippen molar-refractivity contribution in [3.05, 3.63) is 182 Å². The molecule has 50 heavy (non-hydrogen) atoms. The predicted octanol–water partition coefficient (Wildman–Crippen LogP) is 14.8. The maximum absolute atomic E-state index is 2.37. The molecule has 0 atom stereocenters. The van der Waals surface area contributed by atoms with E-state index in [4.69, 9.17) is 0 Å². The third-order valence-electron chi connectivity index (χ3n) is 9.91. The first kappa shape index (κ1) is 29.1. The Morgan fingerprint density at radius 3 is 1.36 bits per heavy atom. The van der Waals surface area contributed by atoms with Crippen LogP contribution in [0.4, 0.5) is 0 Å². The second-order valence-corrected chi connectivity index (χ2v) is 15.0. The van der Waals surface area contributed by atoms with Crippen LogP contribution in [-0.4, -0.2) is 0 Å². The molecule has 0 aliphatic rings. The van der Waals surface area contributed by atoms with Crippen molar-refractivity contribution in [3.63, 3.8) is 0 Å². The van der Waals surface area contributed by atoms with Gasteiger partial charge in [0.2, 0.25) is 0 Å². The van der Waals surface area contributed by atoms with Gasteiger partial charge in [0.05, 0.1) is 0 Å². The van der Waals surface area contributed by atoms with Crippen molar-refractivity contribution in [1.29, 1.82) is 0 Å². The lowest BCUT2D eigenvalue weighted by atomic mass is 9.95. The number of benzene rings is 8. The van der Waals surface area contributed by atoms with Crippen molar-refractivity contribution in [2.24, 2.45) is 0 Å². The molecule has 0 aliphatic carbocycles. The highest BCUT2D eigenvalue weighted by Gasteiger charge is 2.15. The van der Waals surface area contributed by atoms with Crippen molar-refractivity contribution in [2.45, 2.75) is 0 Å². The largest absolute Gasteiger partial charge is 0.135 e. The van der Waals surface area contributed by atoms with Gasteiger partial charge in [-0.3, -0.25) is 0 Å². The second kappa shape index (κ2) is 12.0. The van der Waals surface area contributed by atoms with E-state index in [9.17, 15) is 0 Å². The number of rotatable bonds is 5. The van der Waals surface area contributed by atoms with E-state index in [0.29, 0.717) is 0 Å². The molecule has 2 heteroatoms. The lowest BCUT2D eigenvalue weighted by Crippen LogP contribution is -1.83. The molecule has 10 rings (SSSR count). The number of fused-ring (bicyclic) bond motifs is 6. The van der Waals surface area contributed by atoms with E-state index < -0.39 is 0 Å². The van der Waals surface area contributed by atoms with Crippen molar-refractivity contribution >= 4 is 63.0 Å². The SMILES string of the molecule is c1ccc(-c2ccc(-c3cccc(-c4cccc5c4sc4c(-c6cccc(-c7ccc8sc9ccccc9c8c7)c6)cccc45)c3)cc2)cc1. The number of hydrogen-bond donors (Lipinski definition) is 0. The van der Waals surface area contributed by atoms with Crippen LogP contribution in [0.5, 0.6) is 0 Å². The molecule has 0 radical (unpaired) electrons. The average Bonchev–Trinajstić information content (AvgIpc) is 3.77. The first-order chi connectivity index (χ1) is 24.8. The van der Waals surface area contributed by atoms with Gasteiger partial charge in [-0.15, -0.1) is 22.7 Å². The maximum Gasteiger partial charge on any atom is 0.0434 e. The van der Waals surface area contributed by atoms with Crippen LogP contribution in [-0.2, 0) is 0 Å². The molecule has 0 saturated heterocycles. The van der Waals surface area contributed by atoms with E-state index in [2.05, 4.69) is 182 Å². The minimum atomic E-state index is 1.23. The Morgan fingerprint density at radius 2 is 0.680 bits per heavy atom. The third-order valence-corrected chi connectivity index (χ3v) is 12.3. The van der Waals surface area contributed by atoms with Crippen LogP contribution >= 0.6 is 22.7 Å². The first-order valence-electron chi connectivity index (χ1n) is 17.0. The zero-order valence-electron chi connectivity index (χ0n) is 27.1. The third kappa shape index (κ3) is 4.96. The van der Waals surface area contributed by atoms with Gasteiger partial charge >= 0.3 is 0 Å². The highest BCUT2D eigenvalue weighted by molar-refractivity contribution is 7.27. The fraction of sp³-hybridized carbons (Fsp3) is 0. The van der Waals surface area contributed by atoms with Crippen LogP contribution in [0.1, 0.15) is 0 Å². The van der Waals surface area contributed by atoms with Gasteiger partial charge in [-0.05, 0) is 86.0 Å². The fourth-order valence-electron chi connectivity index (χ4n) is 7.40. The maximum atomic E-state index is 2.37. The molecule has 2 heterocycles. The minimum absolute atomic E-state index is 1.23. The molecule has 2 aromatic heterocycles. The molecule has 0 nitrogen and oxygen atoms in total. The van der Waals surface area contributed by atoms with Crippen LogP contribution in [0.3, 0.4) is 0 Å². The fourth-order valence-corrected chi connectivity index (χ4v) is 9.86. The number of hydrogen-bond acceptors (Lipinski definition) is 2. The zero-order valence-corrected chi connectivity index (χ0v) is 28.8. The van der Waals surface area contributed by atoms with Crippen LogP contribution in [0.2, 0.25) is 0 Å². The molecule has 0 unspecified atom stereocenters. The summed E-state index contributed by atoms with van der Waals surface area (Å²) in [6.07, 6.45) is 0. The highest BCUT2D eigenvalue weighted by atomic mass is 32.1. The van der Waals surface area contributed by atoms with E-state index in [-0.39, 0.29) is 0 Å². The molecule has 0 amide bonds. The van der Waals surface area contributed by atoms with Gasteiger partial charge in [0.15, 0.2) is 0 Å². The topological polar surface area (TPSA) is 0 Å². The zero-order chi connectivity index (χ0) is 33.0. The predicted molar refractivity (Wildman–Crippen MR) is 219 cm³/mol. The van der Waals surface area contributed by atoms with Crippen LogP contribution in [0.15, 0.2) is 182 Å². The normalized spacial score (nSPS) is 11.6. The Morgan fingerprint density at radius 1 is 0.240 bits per heavy atom. The summed E-state index contributed by atoms with van der Waals surface area (Å²) in [6, 6.07) is 66.8. The van der Waals surface area contributed by atoms with Gasteiger partial charge in [0.1, 0.15) is 0 Å². The van der Waals surface area contributed by atoms with Crippen molar-refractivity contribution in [2.75, 3.05) is 0 Å². The van der Waals surface area contributed by atoms with Crippen LogP contribution in [0, 0.1) is 0 Å². The summed E-state index contributed by atoms with van der Waals surface area (Å²) in [5.74, 6) is 0. The highest BCUT2D eigenvalue weighted by Crippen LogP contribution is 2.45. The molecule has 8 aromatic carbocycles. The van der Waals surface area contributed by atoms with Gasteiger partial charge in [0.25, 0.3) is 0 Å². The molecule has 10 aromatic rings. The lowest BCUT2D eigenvalue weighted by Gasteiger charge is -2.08. The molecule has 0 spiro atoms. The molecule has 0 N–H and O–H groups in total. The quantitative estimate of drug-likeness (QED) is 0.171. The number of thiophene rings is 2. The van der Waals surface area contributed by atoms with Crippen LogP contribution < -0.4 is 0 Å². The van der Waals surface area contributed by atoms with Gasteiger partial charge < -0.3 is 0 Å². The Balaban J connectivity index is 1.04. The average molecular weight is 671 g/mol. The Kier molecular flexibility index (Phi) is 6.97. The summed E-state index contributed by atoms with van der Waals surface area (Å²) in [5, 5.41) is 5.30. The summed E-state index contributed by atoms with van der Waals surface area (Å²) in [5.41, 5.74) is 12.5. The van der Waals surface area contributed by atoms with E-state index >= 15 is 0 Å². The van der Waals surface area contributed by atoms with Gasteiger partial charge in [-0.1, -0.05) is 152 Å². The summed E-state index contributed by atoms with van der Waals surface area (Å²) in [4.78, 5) is 0. The molecule has 0 saturated carbocycles.